The van der Waals surface area contributed by atoms with Crippen molar-refractivity contribution in [2.24, 2.45) is 0 Å². The molecule has 0 saturated heterocycles. The van der Waals surface area contributed by atoms with Crippen LogP contribution in [0, 0.1) is 23.0 Å². The second-order valence-corrected chi connectivity index (χ2v) is 7.85. The van der Waals surface area contributed by atoms with Gasteiger partial charge in [0.2, 0.25) is 0 Å². The van der Waals surface area contributed by atoms with Crippen molar-refractivity contribution in [2.75, 3.05) is 0 Å². The van der Waals surface area contributed by atoms with Crippen LogP contribution in [0.4, 0.5) is 22.0 Å². The predicted octanol–water partition coefficient (Wildman–Crippen LogP) is 6.31. The number of ether oxygens (including phenoxy) is 1. The highest BCUT2D eigenvalue weighted by Gasteiger charge is 2.36. The number of nitrogens with zero attached hydrogens (tertiary/aromatic N) is 2. The Balaban J connectivity index is 1.78. The smallest absolute Gasteiger partial charge is 0.417 e. The van der Waals surface area contributed by atoms with E-state index in [1.54, 1.807) is 0 Å². The average Bonchev–Trinajstić information content (AvgIpc) is 2.85. The Kier molecular flexibility index (Phi) is 6.88. The molecule has 9 heteroatoms. The first-order valence-corrected chi connectivity index (χ1v) is 10.6. The third kappa shape index (κ3) is 5.28. The summed E-state index contributed by atoms with van der Waals surface area (Å²) < 4.78 is 75.3. The zero-order valence-corrected chi connectivity index (χ0v) is 18.5. The van der Waals surface area contributed by atoms with E-state index in [9.17, 15) is 32.0 Å². The Morgan fingerprint density at radius 3 is 2.22 bits per heavy atom. The highest BCUT2D eigenvalue weighted by Crippen LogP contribution is 2.34. The van der Waals surface area contributed by atoms with E-state index >= 15 is 0 Å². The van der Waals surface area contributed by atoms with Gasteiger partial charge in [-0.1, -0.05) is 36.4 Å². The highest BCUT2D eigenvalue weighted by molar-refractivity contribution is 5.63. The van der Waals surface area contributed by atoms with Gasteiger partial charge in [-0.2, -0.15) is 18.4 Å². The predicted molar refractivity (Wildman–Crippen MR) is 122 cm³/mol. The number of rotatable bonds is 6. The van der Waals surface area contributed by atoms with Crippen molar-refractivity contribution in [3.63, 3.8) is 0 Å². The number of pyridine rings is 1. The molecule has 4 aromatic rings. The SMILES string of the molecule is N#Cc1c(C(F)(F)F)cc(-c2ccc(OCc3ccccc3)cc2)n(Cc2ccc(F)cc2F)c1=O. The molecule has 0 aliphatic carbocycles. The summed E-state index contributed by atoms with van der Waals surface area (Å²) in [6, 6.07) is 19.9. The first-order valence-electron chi connectivity index (χ1n) is 10.6. The van der Waals surface area contributed by atoms with Crippen molar-refractivity contribution >= 4 is 0 Å². The molecule has 182 valence electrons. The summed E-state index contributed by atoms with van der Waals surface area (Å²) in [4.78, 5) is 13.0. The molecule has 0 saturated carbocycles. The van der Waals surface area contributed by atoms with Crippen LogP contribution in [0.15, 0.2) is 83.7 Å². The van der Waals surface area contributed by atoms with E-state index < -0.39 is 41.0 Å². The van der Waals surface area contributed by atoms with Gasteiger partial charge in [0.05, 0.1) is 17.8 Å². The summed E-state index contributed by atoms with van der Waals surface area (Å²) in [7, 11) is 0. The van der Waals surface area contributed by atoms with Crippen molar-refractivity contribution in [2.45, 2.75) is 19.3 Å². The van der Waals surface area contributed by atoms with Crippen molar-refractivity contribution in [1.29, 1.82) is 5.26 Å². The van der Waals surface area contributed by atoms with Crippen molar-refractivity contribution < 1.29 is 26.7 Å². The number of alkyl halides is 3. The standard InChI is InChI=1S/C27H17F5N2O2/c28-20-9-6-19(24(29)12-20)15-34-25(13-23(27(30,31)32)22(14-33)26(34)35)18-7-10-21(11-8-18)36-16-17-4-2-1-3-5-17/h1-13H,15-16H2. The molecule has 1 aromatic heterocycles. The Morgan fingerprint density at radius 2 is 1.61 bits per heavy atom. The van der Waals surface area contributed by atoms with Gasteiger partial charge in [-0.05, 0) is 47.5 Å². The molecule has 0 N–H and O–H groups in total. The van der Waals surface area contributed by atoms with Crippen LogP contribution in [0.3, 0.4) is 0 Å². The van der Waals surface area contributed by atoms with Gasteiger partial charge in [0.15, 0.2) is 0 Å². The van der Waals surface area contributed by atoms with Gasteiger partial charge in [0.25, 0.3) is 5.56 Å². The highest BCUT2D eigenvalue weighted by atomic mass is 19.4. The summed E-state index contributed by atoms with van der Waals surface area (Å²) in [5, 5.41) is 9.29. The number of halogens is 5. The maximum atomic E-state index is 14.3. The van der Waals surface area contributed by atoms with E-state index in [4.69, 9.17) is 4.74 Å². The Morgan fingerprint density at radius 1 is 0.917 bits per heavy atom. The Bertz CT molecular complexity index is 1490. The minimum atomic E-state index is -4.97. The van der Waals surface area contributed by atoms with Crippen LogP contribution >= 0.6 is 0 Å². The lowest BCUT2D eigenvalue weighted by Gasteiger charge is -2.18. The molecule has 0 aliphatic heterocycles. The molecular formula is C27H17F5N2O2. The minimum absolute atomic E-state index is 0.133. The third-order valence-electron chi connectivity index (χ3n) is 5.46. The summed E-state index contributed by atoms with van der Waals surface area (Å²) in [5.41, 5.74) is -2.96. The van der Waals surface area contributed by atoms with Gasteiger partial charge in [-0.25, -0.2) is 8.78 Å². The summed E-state index contributed by atoms with van der Waals surface area (Å²) >= 11 is 0. The van der Waals surface area contributed by atoms with Crippen LogP contribution in [0.2, 0.25) is 0 Å². The number of benzene rings is 3. The number of nitriles is 1. The van der Waals surface area contributed by atoms with E-state index in [1.165, 1.54) is 30.3 Å². The van der Waals surface area contributed by atoms with Crippen LogP contribution in [0.1, 0.15) is 22.3 Å². The summed E-state index contributed by atoms with van der Waals surface area (Å²) in [5.74, 6) is -1.39. The van der Waals surface area contributed by atoms with Gasteiger partial charge in [0, 0.05) is 11.6 Å². The molecule has 1 heterocycles. The topological polar surface area (TPSA) is 55.0 Å². The minimum Gasteiger partial charge on any atom is -0.489 e. The zero-order chi connectivity index (χ0) is 25.9. The maximum Gasteiger partial charge on any atom is 0.417 e. The first kappa shape index (κ1) is 24.7. The van der Waals surface area contributed by atoms with Crippen LogP contribution < -0.4 is 10.3 Å². The summed E-state index contributed by atoms with van der Waals surface area (Å²) in [6.45, 7) is -0.247. The largest absolute Gasteiger partial charge is 0.489 e. The van der Waals surface area contributed by atoms with Crippen LogP contribution in [-0.2, 0) is 19.3 Å². The monoisotopic (exact) mass is 496 g/mol. The van der Waals surface area contributed by atoms with Gasteiger partial charge in [0.1, 0.15) is 35.6 Å². The quantitative estimate of drug-likeness (QED) is 0.294. The molecule has 4 nitrogen and oxygen atoms in total. The lowest BCUT2D eigenvalue weighted by atomic mass is 10.0. The number of hydrogen-bond donors (Lipinski definition) is 0. The van der Waals surface area contributed by atoms with E-state index in [-0.39, 0.29) is 23.4 Å². The second-order valence-electron chi connectivity index (χ2n) is 7.85. The van der Waals surface area contributed by atoms with E-state index in [0.29, 0.717) is 17.9 Å². The average molecular weight is 496 g/mol. The first-order chi connectivity index (χ1) is 17.2. The van der Waals surface area contributed by atoms with Crippen LogP contribution in [0.5, 0.6) is 5.75 Å². The number of hydrogen-bond acceptors (Lipinski definition) is 3. The van der Waals surface area contributed by atoms with E-state index in [0.717, 1.165) is 22.3 Å². The van der Waals surface area contributed by atoms with Crippen molar-refractivity contribution in [3.8, 4) is 23.1 Å². The van der Waals surface area contributed by atoms with Gasteiger partial charge >= 0.3 is 6.18 Å². The van der Waals surface area contributed by atoms with Gasteiger partial charge < -0.3 is 9.30 Å². The lowest BCUT2D eigenvalue weighted by molar-refractivity contribution is -0.137. The fraction of sp³-hybridized carbons (Fsp3) is 0.111. The maximum absolute atomic E-state index is 14.3. The van der Waals surface area contributed by atoms with Crippen LogP contribution in [0.25, 0.3) is 11.3 Å². The van der Waals surface area contributed by atoms with Crippen LogP contribution in [-0.4, -0.2) is 4.57 Å². The molecular weight excluding hydrogens is 479 g/mol. The molecule has 0 bridgehead atoms. The number of aromatic nitrogens is 1. The fourth-order valence-corrected chi connectivity index (χ4v) is 3.66. The molecule has 36 heavy (non-hydrogen) atoms. The van der Waals surface area contributed by atoms with Gasteiger partial charge in [-0.15, -0.1) is 0 Å². The molecule has 0 unspecified atom stereocenters. The molecule has 0 aliphatic rings. The lowest BCUT2D eigenvalue weighted by Crippen LogP contribution is -2.29. The molecule has 4 rings (SSSR count). The zero-order valence-electron chi connectivity index (χ0n) is 18.5. The van der Waals surface area contributed by atoms with Gasteiger partial charge in [-0.3, -0.25) is 4.79 Å². The Hall–Kier alpha value is -4.45. The fourth-order valence-electron chi connectivity index (χ4n) is 3.66. The summed E-state index contributed by atoms with van der Waals surface area (Å²) in [6.07, 6.45) is -4.97. The molecule has 0 amide bonds. The van der Waals surface area contributed by atoms with Crippen molar-refractivity contribution in [1.82, 2.24) is 4.57 Å². The molecule has 0 radical (unpaired) electrons. The van der Waals surface area contributed by atoms with Crippen molar-refractivity contribution in [3.05, 3.63) is 123 Å². The molecule has 0 fully saturated rings. The molecule has 0 spiro atoms. The third-order valence-corrected chi connectivity index (χ3v) is 5.46. The Labute approximate surface area is 202 Å². The van der Waals surface area contributed by atoms with E-state index in [2.05, 4.69) is 0 Å². The second kappa shape index (κ2) is 10.0. The normalized spacial score (nSPS) is 11.2. The molecule has 0 atom stereocenters. The van der Waals surface area contributed by atoms with E-state index in [1.807, 2.05) is 30.3 Å². The molecule has 3 aromatic carbocycles.